The lowest BCUT2D eigenvalue weighted by atomic mass is 9.91. The van der Waals surface area contributed by atoms with Gasteiger partial charge in [-0.2, -0.15) is 0 Å². The van der Waals surface area contributed by atoms with E-state index < -0.39 is 157 Å². The molecule has 4 unspecified atom stereocenters. The number of carbonyl (C=O) groups excluding carboxylic acids is 5. The number of aromatic hydroxyl groups is 12. The van der Waals surface area contributed by atoms with Crippen LogP contribution in [0.15, 0.2) is 36.4 Å². The molecule has 0 amide bonds. The number of aliphatic hydroxyl groups excluding tert-OH is 1. The molecule has 0 bridgehead atoms. The first-order valence-corrected chi connectivity index (χ1v) is 15.3. The Hall–Kier alpha value is -8.01. The van der Waals surface area contributed by atoms with Gasteiger partial charge in [0.25, 0.3) is 0 Å². The first kappa shape index (κ1) is 39.2. The number of hydrogen-bond donors (Lipinski definition) is 13. The van der Waals surface area contributed by atoms with Crippen LogP contribution in [0.3, 0.4) is 0 Å². The number of hydrogen-bond acceptors (Lipinski definition) is 22. The topological polar surface area (TPSA) is 385 Å². The van der Waals surface area contributed by atoms with Crippen LogP contribution >= 0.6 is 0 Å². The van der Waals surface area contributed by atoms with Crippen molar-refractivity contribution in [2.45, 2.75) is 24.4 Å². The Morgan fingerprint density at radius 1 is 0.589 bits per heavy atom. The first-order chi connectivity index (χ1) is 26.3. The van der Waals surface area contributed by atoms with Crippen LogP contribution in [-0.4, -0.2) is 128 Å². The van der Waals surface area contributed by atoms with Gasteiger partial charge in [-0.05, 0) is 36.4 Å². The van der Waals surface area contributed by atoms with Gasteiger partial charge in [-0.25, -0.2) is 19.2 Å². The Labute approximate surface area is 309 Å². The van der Waals surface area contributed by atoms with Crippen molar-refractivity contribution in [2.75, 3.05) is 6.61 Å². The molecular formula is C34H26O22. The second-order valence-corrected chi connectivity index (χ2v) is 11.7. The SMILES string of the molecule is O=CC1OC(=O)c2cc(O)c(O)c(O)c2-c2c(cc(O)c(O)c2O)C(=O)OC1C(OC(=O)c1cc(O)c(O)c(O)c1)C(O)COC(=O)c1cc(O)c(O)c(O)c1. The highest BCUT2D eigenvalue weighted by Crippen LogP contribution is 2.53. The van der Waals surface area contributed by atoms with Gasteiger partial charge in [-0.3, -0.25) is 4.79 Å². The van der Waals surface area contributed by atoms with Gasteiger partial charge in [0.05, 0.1) is 22.3 Å². The van der Waals surface area contributed by atoms with Gasteiger partial charge in [0.1, 0.15) is 12.7 Å². The average Bonchev–Trinajstić information content (AvgIpc) is 3.15. The Morgan fingerprint density at radius 2 is 0.982 bits per heavy atom. The number of phenols is 12. The quantitative estimate of drug-likeness (QED) is 0.0501. The van der Waals surface area contributed by atoms with Gasteiger partial charge in [0, 0.05) is 11.1 Å². The lowest BCUT2D eigenvalue weighted by Gasteiger charge is -2.33. The van der Waals surface area contributed by atoms with Gasteiger partial charge in [-0.15, -0.1) is 0 Å². The van der Waals surface area contributed by atoms with Crippen molar-refractivity contribution in [1.82, 2.24) is 0 Å². The van der Waals surface area contributed by atoms with E-state index >= 15 is 0 Å². The molecule has 1 heterocycles. The van der Waals surface area contributed by atoms with Crippen molar-refractivity contribution >= 4 is 30.2 Å². The lowest BCUT2D eigenvalue weighted by molar-refractivity contribution is -0.142. The molecular weight excluding hydrogens is 760 g/mol. The van der Waals surface area contributed by atoms with Gasteiger partial charge < -0.3 is 85.3 Å². The molecule has 56 heavy (non-hydrogen) atoms. The van der Waals surface area contributed by atoms with Gasteiger partial charge in [0.15, 0.2) is 82.1 Å². The number of ether oxygens (including phenoxy) is 4. The number of aldehydes is 1. The number of benzene rings is 4. The van der Waals surface area contributed by atoms with Crippen LogP contribution in [0.4, 0.5) is 0 Å². The molecule has 1 aliphatic heterocycles. The second-order valence-electron chi connectivity index (χ2n) is 11.7. The number of cyclic esters (lactones) is 2. The van der Waals surface area contributed by atoms with Crippen LogP contribution in [0.25, 0.3) is 11.1 Å². The van der Waals surface area contributed by atoms with E-state index in [2.05, 4.69) is 0 Å². The second kappa shape index (κ2) is 14.8. The van der Waals surface area contributed by atoms with Gasteiger partial charge in [0.2, 0.25) is 11.5 Å². The number of rotatable bonds is 8. The molecule has 22 nitrogen and oxygen atoms in total. The number of fused-ring (bicyclic) bond motifs is 3. The molecule has 0 saturated heterocycles. The molecule has 1 aliphatic rings. The highest BCUT2D eigenvalue weighted by atomic mass is 16.6. The van der Waals surface area contributed by atoms with Crippen molar-refractivity contribution < 1.29 is 109 Å². The van der Waals surface area contributed by atoms with Crippen LogP contribution in [-0.2, 0) is 23.7 Å². The Kier molecular flexibility index (Phi) is 10.4. The molecule has 0 spiro atoms. The number of carbonyl (C=O) groups is 5. The van der Waals surface area contributed by atoms with E-state index in [-0.39, 0.29) is 6.29 Å². The van der Waals surface area contributed by atoms with E-state index in [4.69, 9.17) is 18.9 Å². The smallest absolute Gasteiger partial charge is 0.339 e. The summed E-state index contributed by atoms with van der Waals surface area (Å²) in [5.74, 6) is -20.9. The summed E-state index contributed by atoms with van der Waals surface area (Å²) in [4.78, 5) is 66.2. The largest absolute Gasteiger partial charge is 0.504 e. The van der Waals surface area contributed by atoms with E-state index in [0.29, 0.717) is 36.4 Å². The fourth-order valence-electron chi connectivity index (χ4n) is 5.32. The first-order valence-electron chi connectivity index (χ1n) is 15.3. The number of esters is 4. The minimum atomic E-state index is -2.57. The summed E-state index contributed by atoms with van der Waals surface area (Å²) < 4.78 is 20.7. The summed E-state index contributed by atoms with van der Waals surface area (Å²) in [6.45, 7) is -1.31. The molecule has 0 saturated carbocycles. The van der Waals surface area contributed by atoms with Crippen LogP contribution in [0, 0.1) is 0 Å². The predicted molar refractivity (Wildman–Crippen MR) is 175 cm³/mol. The average molecular weight is 787 g/mol. The standard InChI is InChI=1S/C34H26O22/c35-7-20-30(56-34(52)12-6-18(41)26(46)28(48)22(12)21-11(33(51)54-20)5-17(40)25(45)27(21)47)29(55-32(50)10-3-15(38)24(44)16(39)4-10)19(42)8-53-31(49)9-1-13(36)23(43)14(37)2-9/h1-7,19-20,29-30,36-48H,8H2. The van der Waals surface area contributed by atoms with Crippen molar-refractivity contribution in [1.29, 1.82) is 0 Å². The Balaban J connectivity index is 1.65. The van der Waals surface area contributed by atoms with Crippen molar-refractivity contribution in [2.24, 2.45) is 0 Å². The van der Waals surface area contributed by atoms with Crippen LogP contribution in [0.2, 0.25) is 0 Å². The van der Waals surface area contributed by atoms with Gasteiger partial charge in [-0.1, -0.05) is 0 Å². The summed E-state index contributed by atoms with van der Waals surface area (Å²) >= 11 is 0. The number of aliphatic hydroxyl groups is 1. The third-order valence-corrected chi connectivity index (χ3v) is 8.08. The molecule has 4 aromatic rings. The van der Waals surface area contributed by atoms with Crippen molar-refractivity contribution in [3.8, 4) is 80.1 Å². The summed E-state index contributed by atoms with van der Waals surface area (Å²) in [6, 6.07) is 3.18. The molecule has 0 aromatic heterocycles. The van der Waals surface area contributed by atoms with Crippen molar-refractivity contribution in [3.63, 3.8) is 0 Å². The highest BCUT2D eigenvalue weighted by molar-refractivity contribution is 6.09. The fourth-order valence-corrected chi connectivity index (χ4v) is 5.32. The maximum atomic E-state index is 13.9. The summed E-state index contributed by atoms with van der Waals surface area (Å²) in [5, 5.41) is 133. The Morgan fingerprint density at radius 3 is 1.41 bits per heavy atom. The normalized spacial score (nSPS) is 16.2. The zero-order valence-electron chi connectivity index (χ0n) is 27.5. The fraction of sp³-hybridized carbons (Fsp3) is 0.147. The monoisotopic (exact) mass is 786 g/mol. The maximum absolute atomic E-state index is 13.9. The minimum absolute atomic E-state index is 0.246. The van der Waals surface area contributed by atoms with Crippen LogP contribution < -0.4 is 0 Å². The molecule has 4 aromatic carbocycles. The third kappa shape index (κ3) is 7.04. The van der Waals surface area contributed by atoms with Crippen LogP contribution in [0.1, 0.15) is 41.4 Å². The summed E-state index contributed by atoms with van der Waals surface area (Å²) in [6.07, 6.45) is -10.3. The minimum Gasteiger partial charge on any atom is -0.504 e. The maximum Gasteiger partial charge on any atom is 0.339 e. The van der Waals surface area contributed by atoms with E-state index in [1.54, 1.807) is 0 Å². The van der Waals surface area contributed by atoms with Gasteiger partial charge >= 0.3 is 23.9 Å². The molecule has 13 N–H and O–H groups in total. The Bertz CT molecular complexity index is 2270. The third-order valence-electron chi connectivity index (χ3n) is 8.08. The molecule has 0 fully saturated rings. The molecule has 0 radical (unpaired) electrons. The van der Waals surface area contributed by atoms with E-state index in [1.165, 1.54) is 0 Å². The summed E-state index contributed by atoms with van der Waals surface area (Å²) in [7, 11) is 0. The number of phenolic OH excluding ortho intramolecular Hbond substituents is 12. The lowest BCUT2D eigenvalue weighted by Crippen LogP contribution is -2.53. The zero-order valence-corrected chi connectivity index (χ0v) is 27.5. The molecule has 5 rings (SSSR count). The molecule has 294 valence electrons. The predicted octanol–water partition coefficient (Wildman–Crippen LogP) is 0.528. The van der Waals surface area contributed by atoms with E-state index in [1.807, 2.05) is 0 Å². The van der Waals surface area contributed by atoms with E-state index in [9.17, 15) is 90.4 Å². The summed E-state index contributed by atoms with van der Waals surface area (Å²) in [5.41, 5.74) is -5.61. The highest BCUT2D eigenvalue weighted by Gasteiger charge is 2.45. The van der Waals surface area contributed by atoms with Crippen molar-refractivity contribution in [3.05, 3.63) is 58.7 Å². The molecule has 22 heteroatoms. The van der Waals surface area contributed by atoms with E-state index in [0.717, 1.165) is 0 Å². The molecule has 4 atom stereocenters. The van der Waals surface area contributed by atoms with Crippen LogP contribution in [0.5, 0.6) is 69.0 Å². The zero-order chi connectivity index (χ0) is 41.5. The molecule has 0 aliphatic carbocycles.